The van der Waals surface area contributed by atoms with Crippen LogP contribution in [-0.2, 0) is 9.53 Å². The normalized spacial score (nSPS) is 10.3. The summed E-state index contributed by atoms with van der Waals surface area (Å²) >= 11 is 5.60. The topological polar surface area (TPSA) is 55.4 Å². The van der Waals surface area contributed by atoms with Crippen molar-refractivity contribution in [1.29, 1.82) is 0 Å². The summed E-state index contributed by atoms with van der Waals surface area (Å²) in [7, 11) is 0. The summed E-state index contributed by atoms with van der Waals surface area (Å²) in [5.74, 6) is -1.83. The van der Waals surface area contributed by atoms with E-state index in [0.717, 1.165) is 23.3 Å². The van der Waals surface area contributed by atoms with Gasteiger partial charge in [0, 0.05) is 5.69 Å². The maximum Gasteiger partial charge on any atom is 0.338 e. The number of carbonyl (C=O) groups excluding carboxylic acids is 2. The molecule has 0 aliphatic carbocycles. The minimum Gasteiger partial charge on any atom is -0.452 e. The van der Waals surface area contributed by atoms with Gasteiger partial charge in [0.15, 0.2) is 6.61 Å². The maximum atomic E-state index is 13.0. The van der Waals surface area contributed by atoms with Crippen LogP contribution >= 0.6 is 11.6 Å². The zero-order valence-electron chi connectivity index (χ0n) is 12.7. The van der Waals surface area contributed by atoms with Gasteiger partial charge in [-0.3, -0.25) is 4.79 Å². The predicted octanol–water partition coefficient (Wildman–Crippen LogP) is 3.89. The van der Waals surface area contributed by atoms with Gasteiger partial charge in [0.05, 0.1) is 10.6 Å². The van der Waals surface area contributed by atoms with Crippen molar-refractivity contribution in [2.75, 3.05) is 11.9 Å². The van der Waals surface area contributed by atoms with Gasteiger partial charge in [-0.2, -0.15) is 0 Å². The Balaban J connectivity index is 1.94. The number of esters is 1. The minimum atomic E-state index is -0.747. The predicted molar refractivity (Wildman–Crippen MR) is 86.2 cm³/mol. The Labute approximate surface area is 138 Å². The van der Waals surface area contributed by atoms with Crippen LogP contribution in [0.3, 0.4) is 0 Å². The van der Waals surface area contributed by atoms with E-state index in [1.54, 1.807) is 6.07 Å². The van der Waals surface area contributed by atoms with E-state index in [4.69, 9.17) is 16.3 Å². The van der Waals surface area contributed by atoms with Crippen molar-refractivity contribution in [3.8, 4) is 0 Å². The van der Waals surface area contributed by atoms with Crippen molar-refractivity contribution >= 4 is 29.2 Å². The van der Waals surface area contributed by atoms with Gasteiger partial charge in [-0.15, -0.1) is 0 Å². The standard InChI is InChI=1S/C17H15ClFNO3/c1-10-4-3-5-15(11(10)2)20-16(21)9-23-17(22)12-6-7-14(19)13(18)8-12/h3-8H,9H2,1-2H3,(H,20,21). The lowest BCUT2D eigenvalue weighted by Gasteiger charge is -2.10. The minimum absolute atomic E-state index is 0.0796. The number of nitrogens with one attached hydrogen (secondary N) is 1. The highest BCUT2D eigenvalue weighted by atomic mass is 35.5. The van der Waals surface area contributed by atoms with Crippen LogP contribution in [0, 0.1) is 19.7 Å². The van der Waals surface area contributed by atoms with Gasteiger partial charge in [0.2, 0.25) is 0 Å². The molecule has 0 aromatic heterocycles. The summed E-state index contributed by atoms with van der Waals surface area (Å²) in [6, 6.07) is 8.98. The first kappa shape index (κ1) is 17.0. The van der Waals surface area contributed by atoms with Crippen LogP contribution in [0.5, 0.6) is 0 Å². The summed E-state index contributed by atoms with van der Waals surface area (Å²) in [4.78, 5) is 23.7. The van der Waals surface area contributed by atoms with Gasteiger partial charge >= 0.3 is 5.97 Å². The van der Waals surface area contributed by atoms with Crippen LogP contribution in [0.4, 0.5) is 10.1 Å². The monoisotopic (exact) mass is 335 g/mol. The molecular formula is C17H15ClFNO3. The molecule has 0 saturated carbocycles. The molecule has 0 aliphatic heterocycles. The summed E-state index contributed by atoms with van der Waals surface area (Å²) in [5, 5.41) is 2.49. The van der Waals surface area contributed by atoms with E-state index in [1.807, 2.05) is 26.0 Å². The number of amides is 1. The molecule has 2 rings (SSSR count). The third-order valence-electron chi connectivity index (χ3n) is 3.37. The Morgan fingerprint density at radius 1 is 1.22 bits per heavy atom. The molecule has 0 heterocycles. The molecule has 6 heteroatoms. The Bertz CT molecular complexity index is 761. The fraction of sp³-hybridized carbons (Fsp3) is 0.176. The molecular weight excluding hydrogens is 321 g/mol. The van der Waals surface area contributed by atoms with Crippen molar-refractivity contribution < 1.29 is 18.7 Å². The summed E-state index contributed by atoms with van der Waals surface area (Å²) in [5.41, 5.74) is 2.73. The first-order chi connectivity index (χ1) is 10.9. The highest BCUT2D eigenvalue weighted by Gasteiger charge is 2.13. The first-order valence-corrected chi connectivity index (χ1v) is 7.24. The van der Waals surface area contributed by atoms with E-state index >= 15 is 0 Å². The number of halogens is 2. The number of carbonyl (C=O) groups is 2. The van der Waals surface area contributed by atoms with Crippen LogP contribution in [-0.4, -0.2) is 18.5 Å². The van der Waals surface area contributed by atoms with Crippen molar-refractivity contribution in [2.45, 2.75) is 13.8 Å². The summed E-state index contributed by atoms with van der Waals surface area (Å²) in [6.45, 7) is 3.38. The zero-order chi connectivity index (χ0) is 17.0. The molecule has 4 nitrogen and oxygen atoms in total. The molecule has 0 atom stereocenters. The van der Waals surface area contributed by atoms with Crippen molar-refractivity contribution in [2.24, 2.45) is 0 Å². The zero-order valence-corrected chi connectivity index (χ0v) is 13.4. The lowest BCUT2D eigenvalue weighted by molar-refractivity contribution is -0.119. The molecule has 0 fully saturated rings. The Hall–Kier alpha value is -2.40. The molecule has 1 N–H and O–H groups in total. The van der Waals surface area contributed by atoms with E-state index in [0.29, 0.717) is 5.69 Å². The van der Waals surface area contributed by atoms with Crippen LogP contribution in [0.25, 0.3) is 0 Å². The Morgan fingerprint density at radius 3 is 2.65 bits per heavy atom. The summed E-state index contributed by atoms with van der Waals surface area (Å²) in [6.07, 6.45) is 0. The molecule has 23 heavy (non-hydrogen) atoms. The molecule has 0 radical (unpaired) electrons. The molecule has 0 bridgehead atoms. The van der Waals surface area contributed by atoms with Crippen LogP contribution in [0.1, 0.15) is 21.5 Å². The van der Waals surface area contributed by atoms with Gasteiger partial charge in [-0.25, -0.2) is 9.18 Å². The van der Waals surface area contributed by atoms with Crippen molar-refractivity contribution in [1.82, 2.24) is 0 Å². The first-order valence-electron chi connectivity index (χ1n) is 6.86. The van der Waals surface area contributed by atoms with Gasteiger partial charge in [0.25, 0.3) is 5.91 Å². The van der Waals surface area contributed by atoms with Gasteiger partial charge in [0.1, 0.15) is 5.82 Å². The van der Waals surface area contributed by atoms with Gasteiger partial charge in [-0.1, -0.05) is 23.7 Å². The molecule has 2 aromatic carbocycles. The quantitative estimate of drug-likeness (QED) is 0.862. The van der Waals surface area contributed by atoms with Crippen LogP contribution in [0.15, 0.2) is 36.4 Å². The molecule has 0 aliphatic rings. The SMILES string of the molecule is Cc1cccc(NC(=O)COC(=O)c2ccc(F)c(Cl)c2)c1C. The average Bonchev–Trinajstić information content (AvgIpc) is 2.52. The van der Waals surface area contributed by atoms with Gasteiger partial charge < -0.3 is 10.1 Å². The highest BCUT2D eigenvalue weighted by molar-refractivity contribution is 6.31. The number of anilines is 1. The number of aryl methyl sites for hydroxylation is 1. The molecule has 0 saturated heterocycles. The average molecular weight is 336 g/mol. The van der Waals surface area contributed by atoms with E-state index in [-0.39, 0.29) is 10.6 Å². The van der Waals surface area contributed by atoms with E-state index in [1.165, 1.54) is 6.07 Å². The lowest BCUT2D eigenvalue weighted by atomic mass is 10.1. The third-order valence-corrected chi connectivity index (χ3v) is 3.66. The second-order valence-electron chi connectivity index (χ2n) is 5.00. The Kier molecular flexibility index (Phi) is 5.34. The lowest BCUT2D eigenvalue weighted by Crippen LogP contribution is -2.21. The Morgan fingerprint density at radius 2 is 1.96 bits per heavy atom. The second kappa shape index (κ2) is 7.24. The fourth-order valence-electron chi connectivity index (χ4n) is 1.91. The molecule has 0 spiro atoms. The number of rotatable bonds is 4. The third kappa shape index (κ3) is 4.29. The molecule has 2 aromatic rings. The van der Waals surface area contributed by atoms with E-state index in [2.05, 4.69) is 5.32 Å². The van der Waals surface area contributed by atoms with Crippen molar-refractivity contribution in [3.05, 3.63) is 63.9 Å². The van der Waals surface area contributed by atoms with E-state index < -0.39 is 24.3 Å². The molecule has 120 valence electrons. The smallest absolute Gasteiger partial charge is 0.338 e. The number of hydrogen-bond acceptors (Lipinski definition) is 3. The largest absolute Gasteiger partial charge is 0.452 e. The highest BCUT2D eigenvalue weighted by Crippen LogP contribution is 2.18. The van der Waals surface area contributed by atoms with Gasteiger partial charge in [-0.05, 0) is 49.2 Å². The van der Waals surface area contributed by atoms with Crippen LogP contribution < -0.4 is 5.32 Å². The number of hydrogen-bond donors (Lipinski definition) is 1. The molecule has 1 amide bonds. The summed E-state index contributed by atoms with van der Waals surface area (Å²) < 4.78 is 17.9. The maximum absolute atomic E-state index is 13.0. The second-order valence-corrected chi connectivity index (χ2v) is 5.41. The number of ether oxygens (including phenoxy) is 1. The van der Waals surface area contributed by atoms with Crippen LogP contribution in [0.2, 0.25) is 5.02 Å². The molecule has 0 unspecified atom stereocenters. The number of benzene rings is 2. The van der Waals surface area contributed by atoms with Crippen molar-refractivity contribution in [3.63, 3.8) is 0 Å². The van der Waals surface area contributed by atoms with E-state index in [9.17, 15) is 14.0 Å². The fourth-order valence-corrected chi connectivity index (χ4v) is 2.09.